The average molecular weight is 277 g/mol. The van der Waals surface area contributed by atoms with Crippen LogP contribution >= 0.6 is 0 Å². The fourth-order valence-corrected chi connectivity index (χ4v) is 2.31. The van der Waals surface area contributed by atoms with Gasteiger partial charge in [-0.05, 0) is 51.8 Å². The third kappa shape index (κ3) is 4.76. The molecule has 1 unspecified atom stereocenters. The second-order valence-corrected chi connectivity index (χ2v) is 6.61. The van der Waals surface area contributed by atoms with E-state index in [4.69, 9.17) is 4.74 Å². The van der Waals surface area contributed by atoms with Crippen LogP contribution in [-0.4, -0.2) is 36.3 Å². The Morgan fingerprint density at radius 1 is 1.45 bits per heavy atom. The number of rotatable bonds is 3. The maximum atomic E-state index is 5.70. The van der Waals surface area contributed by atoms with Crippen molar-refractivity contribution in [3.8, 4) is 0 Å². The minimum atomic E-state index is 0.133. The van der Waals surface area contributed by atoms with Crippen molar-refractivity contribution in [2.24, 2.45) is 0 Å². The summed E-state index contributed by atoms with van der Waals surface area (Å²) in [7, 11) is 0. The number of hydrogen-bond acceptors (Lipinski definition) is 4. The van der Waals surface area contributed by atoms with Crippen molar-refractivity contribution in [2.75, 3.05) is 24.6 Å². The molecule has 0 bridgehead atoms. The predicted molar refractivity (Wildman–Crippen MR) is 83.1 cm³/mol. The molecule has 0 radical (unpaired) electrons. The van der Waals surface area contributed by atoms with Gasteiger partial charge in [0.25, 0.3) is 0 Å². The Morgan fingerprint density at radius 3 is 3.00 bits per heavy atom. The molecule has 1 saturated heterocycles. The molecule has 4 heteroatoms. The fraction of sp³-hybridized carbons (Fsp3) is 0.688. The van der Waals surface area contributed by atoms with Crippen molar-refractivity contribution in [3.63, 3.8) is 0 Å². The number of nitrogens with zero attached hydrogens (tertiary/aromatic N) is 2. The Labute approximate surface area is 122 Å². The van der Waals surface area contributed by atoms with Gasteiger partial charge in [-0.15, -0.1) is 0 Å². The zero-order valence-corrected chi connectivity index (χ0v) is 13.1. The summed E-state index contributed by atoms with van der Waals surface area (Å²) >= 11 is 0. The molecule has 20 heavy (non-hydrogen) atoms. The zero-order chi connectivity index (χ0) is 14.6. The van der Waals surface area contributed by atoms with Crippen molar-refractivity contribution in [1.82, 2.24) is 10.3 Å². The minimum absolute atomic E-state index is 0.133. The molecule has 1 aliphatic heterocycles. The Balaban J connectivity index is 2.04. The van der Waals surface area contributed by atoms with E-state index in [0.29, 0.717) is 0 Å². The number of pyridine rings is 1. The summed E-state index contributed by atoms with van der Waals surface area (Å²) in [4.78, 5) is 6.86. The Hall–Kier alpha value is -1.13. The van der Waals surface area contributed by atoms with Gasteiger partial charge >= 0.3 is 0 Å². The standard InChI is InChI=1S/C16H27N3O/c1-13-12-19(8-5-9-20-13)15-10-14(6-7-17-15)11-18-16(2,3)4/h6-7,10,13,18H,5,8-9,11-12H2,1-4H3. The van der Waals surface area contributed by atoms with E-state index in [1.54, 1.807) is 0 Å². The van der Waals surface area contributed by atoms with E-state index in [1.807, 2.05) is 6.20 Å². The first-order valence-electron chi connectivity index (χ1n) is 7.50. The molecular weight excluding hydrogens is 250 g/mol. The average Bonchev–Trinajstić information content (AvgIpc) is 2.61. The molecule has 2 heterocycles. The third-order valence-corrected chi connectivity index (χ3v) is 3.41. The van der Waals surface area contributed by atoms with Gasteiger partial charge in [0.15, 0.2) is 0 Å². The molecular formula is C16H27N3O. The summed E-state index contributed by atoms with van der Waals surface area (Å²) in [6.07, 6.45) is 3.25. The third-order valence-electron chi connectivity index (χ3n) is 3.41. The van der Waals surface area contributed by atoms with Crippen LogP contribution in [0.15, 0.2) is 18.3 Å². The van der Waals surface area contributed by atoms with Gasteiger partial charge in [-0.2, -0.15) is 0 Å². The molecule has 1 N–H and O–H groups in total. The van der Waals surface area contributed by atoms with E-state index in [9.17, 15) is 0 Å². The van der Waals surface area contributed by atoms with E-state index >= 15 is 0 Å². The topological polar surface area (TPSA) is 37.4 Å². The van der Waals surface area contributed by atoms with Crippen molar-refractivity contribution in [1.29, 1.82) is 0 Å². The van der Waals surface area contributed by atoms with Crippen LogP contribution in [0, 0.1) is 0 Å². The minimum Gasteiger partial charge on any atom is -0.377 e. The molecule has 0 saturated carbocycles. The van der Waals surface area contributed by atoms with Gasteiger partial charge in [0.1, 0.15) is 5.82 Å². The van der Waals surface area contributed by atoms with Gasteiger partial charge in [0, 0.05) is 38.0 Å². The van der Waals surface area contributed by atoms with E-state index in [0.717, 1.165) is 38.5 Å². The van der Waals surface area contributed by atoms with Gasteiger partial charge in [-0.25, -0.2) is 4.98 Å². The monoisotopic (exact) mass is 277 g/mol. The number of ether oxygens (including phenoxy) is 1. The highest BCUT2D eigenvalue weighted by molar-refractivity contribution is 5.41. The fourth-order valence-electron chi connectivity index (χ4n) is 2.31. The number of nitrogens with one attached hydrogen (secondary N) is 1. The molecule has 1 aromatic heterocycles. The van der Waals surface area contributed by atoms with Crippen LogP contribution in [0.25, 0.3) is 0 Å². The first kappa shape index (κ1) is 15.3. The van der Waals surface area contributed by atoms with Crippen molar-refractivity contribution < 1.29 is 4.74 Å². The van der Waals surface area contributed by atoms with Crippen LogP contribution in [0.2, 0.25) is 0 Å². The molecule has 1 aliphatic rings. The lowest BCUT2D eigenvalue weighted by atomic mass is 10.1. The van der Waals surface area contributed by atoms with Crippen molar-refractivity contribution in [2.45, 2.75) is 52.3 Å². The maximum Gasteiger partial charge on any atom is 0.128 e. The van der Waals surface area contributed by atoms with E-state index < -0.39 is 0 Å². The lowest BCUT2D eigenvalue weighted by molar-refractivity contribution is 0.0820. The van der Waals surface area contributed by atoms with Gasteiger partial charge in [0.2, 0.25) is 0 Å². The van der Waals surface area contributed by atoms with Crippen LogP contribution in [0.3, 0.4) is 0 Å². The lowest BCUT2D eigenvalue weighted by Crippen LogP contribution is -2.35. The van der Waals surface area contributed by atoms with Crippen LogP contribution in [0.1, 0.15) is 39.7 Å². The molecule has 1 atom stereocenters. The SMILES string of the molecule is CC1CN(c2cc(CNC(C)(C)C)ccn2)CCCO1. The Kier molecular flexibility index (Phi) is 5.00. The van der Waals surface area contributed by atoms with Crippen LogP contribution in [0.5, 0.6) is 0 Å². The second kappa shape index (κ2) is 6.55. The zero-order valence-electron chi connectivity index (χ0n) is 13.1. The summed E-state index contributed by atoms with van der Waals surface area (Å²) in [5.41, 5.74) is 1.41. The Bertz CT molecular complexity index is 428. The summed E-state index contributed by atoms with van der Waals surface area (Å²) < 4.78 is 5.70. The normalized spacial score (nSPS) is 20.8. The first-order valence-corrected chi connectivity index (χ1v) is 7.50. The Morgan fingerprint density at radius 2 is 2.25 bits per heavy atom. The smallest absolute Gasteiger partial charge is 0.128 e. The molecule has 112 valence electrons. The first-order chi connectivity index (χ1) is 9.44. The molecule has 0 spiro atoms. The highest BCUT2D eigenvalue weighted by Gasteiger charge is 2.16. The highest BCUT2D eigenvalue weighted by atomic mass is 16.5. The number of anilines is 1. The van der Waals surface area contributed by atoms with Crippen molar-refractivity contribution >= 4 is 5.82 Å². The second-order valence-electron chi connectivity index (χ2n) is 6.61. The van der Waals surface area contributed by atoms with E-state index in [1.165, 1.54) is 5.56 Å². The van der Waals surface area contributed by atoms with Gasteiger partial charge < -0.3 is 15.0 Å². The molecule has 1 aromatic rings. The van der Waals surface area contributed by atoms with Gasteiger partial charge in [-0.3, -0.25) is 0 Å². The summed E-state index contributed by atoms with van der Waals surface area (Å²) in [6, 6.07) is 4.27. The summed E-state index contributed by atoms with van der Waals surface area (Å²) in [5.74, 6) is 1.07. The van der Waals surface area contributed by atoms with Crippen molar-refractivity contribution in [3.05, 3.63) is 23.9 Å². The van der Waals surface area contributed by atoms with E-state index in [-0.39, 0.29) is 11.6 Å². The van der Waals surface area contributed by atoms with E-state index in [2.05, 4.69) is 55.0 Å². The summed E-state index contributed by atoms with van der Waals surface area (Å²) in [6.45, 7) is 12.3. The lowest BCUT2D eigenvalue weighted by Gasteiger charge is -2.24. The quantitative estimate of drug-likeness (QED) is 0.921. The van der Waals surface area contributed by atoms with Crippen LogP contribution < -0.4 is 10.2 Å². The molecule has 0 aliphatic carbocycles. The van der Waals surface area contributed by atoms with Crippen LogP contribution in [0.4, 0.5) is 5.82 Å². The molecule has 0 amide bonds. The summed E-state index contributed by atoms with van der Waals surface area (Å²) in [5, 5.41) is 3.52. The largest absolute Gasteiger partial charge is 0.377 e. The molecule has 2 rings (SSSR count). The highest BCUT2D eigenvalue weighted by Crippen LogP contribution is 2.17. The number of hydrogen-bond donors (Lipinski definition) is 1. The number of aromatic nitrogens is 1. The van der Waals surface area contributed by atoms with Gasteiger partial charge in [-0.1, -0.05) is 0 Å². The molecule has 0 aromatic carbocycles. The molecule has 1 fully saturated rings. The predicted octanol–water partition coefficient (Wildman–Crippen LogP) is 2.58. The maximum absolute atomic E-state index is 5.70. The van der Waals surface area contributed by atoms with Crippen LogP contribution in [-0.2, 0) is 11.3 Å². The molecule has 4 nitrogen and oxygen atoms in total. The van der Waals surface area contributed by atoms with Gasteiger partial charge in [0.05, 0.1) is 6.10 Å².